The minimum absolute atomic E-state index is 0.00506. The third kappa shape index (κ3) is 9.44. The number of rotatable bonds is 15. The van der Waals surface area contributed by atoms with Gasteiger partial charge in [-0.05, 0) is 41.5 Å². The smallest absolute Gasteiger partial charge is 0.408 e. The Kier molecular flexibility index (Phi) is 12.0. The molecule has 2 amide bonds. The van der Waals surface area contributed by atoms with Crippen molar-refractivity contribution in [1.29, 1.82) is 0 Å². The first-order chi connectivity index (χ1) is 21.9. The van der Waals surface area contributed by atoms with Crippen molar-refractivity contribution in [2.75, 3.05) is 19.9 Å². The van der Waals surface area contributed by atoms with Gasteiger partial charge in [-0.15, -0.1) is 0 Å². The van der Waals surface area contributed by atoms with Gasteiger partial charge < -0.3 is 30.0 Å². The lowest BCUT2D eigenvalue weighted by molar-refractivity contribution is -0.125. The van der Waals surface area contributed by atoms with Crippen LogP contribution >= 0.6 is 0 Å². The lowest BCUT2D eigenvalue weighted by atomic mass is 9.98. The van der Waals surface area contributed by atoms with Gasteiger partial charge in [0, 0.05) is 19.2 Å². The summed E-state index contributed by atoms with van der Waals surface area (Å²) in [6.07, 6.45) is -1.84. The van der Waals surface area contributed by atoms with Crippen LogP contribution in [0.5, 0.6) is 11.5 Å². The Bertz CT molecular complexity index is 1550. The molecule has 3 N–H and O–H groups in total. The predicted molar refractivity (Wildman–Crippen MR) is 173 cm³/mol. The summed E-state index contributed by atoms with van der Waals surface area (Å²) < 4.78 is 45.0. The summed E-state index contributed by atoms with van der Waals surface area (Å²) in [6.45, 7) is 7.22. The first-order valence-electron chi connectivity index (χ1n) is 15.3. The molecule has 0 fully saturated rings. The number of aliphatic hydroxyl groups is 1. The number of nitrogens with zero attached hydrogens (tertiary/aromatic N) is 1. The molecule has 0 saturated heterocycles. The van der Waals surface area contributed by atoms with Crippen LogP contribution in [0.4, 0.5) is 4.79 Å². The number of sulfonamides is 1. The number of amides is 2. The SMILES string of the molecule is CC(C)CN(CC(O)C(Cc1ccccc1)NC(=O)C(NC(=O)OCc1ccccc1)C(C)C)S(=O)(=O)c1ccc2c(c1)OCO2. The molecule has 11 nitrogen and oxygen atoms in total. The van der Waals surface area contributed by atoms with E-state index in [1.165, 1.54) is 16.4 Å². The van der Waals surface area contributed by atoms with Crippen LogP contribution in [0, 0.1) is 11.8 Å². The predicted octanol–water partition coefficient (Wildman–Crippen LogP) is 4.10. The monoisotopic (exact) mass is 653 g/mol. The van der Waals surface area contributed by atoms with Crippen molar-refractivity contribution in [3.8, 4) is 11.5 Å². The van der Waals surface area contributed by atoms with E-state index in [9.17, 15) is 23.1 Å². The molecule has 0 radical (unpaired) electrons. The highest BCUT2D eigenvalue weighted by Gasteiger charge is 2.34. The number of aliphatic hydroxyl groups excluding tert-OH is 1. The molecular formula is C34H43N3O8S. The lowest BCUT2D eigenvalue weighted by Crippen LogP contribution is -2.57. The Labute approximate surface area is 270 Å². The molecule has 0 spiro atoms. The molecule has 3 atom stereocenters. The summed E-state index contributed by atoms with van der Waals surface area (Å²) >= 11 is 0. The molecule has 1 heterocycles. The van der Waals surface area contributed by atoms with Crippen LogP contribution in [0.1, 0.15) is 38.8 Å². The number of hydrogen-bond donors (Lipinski definition) is 3. The fraction of sp³-hybridized carbons (Fsp3) is 0.412. The van der Waals surface area contributed by atoms with E-state index >= 15 is 0 Å². The van der Waals surface area contributed by atoms with E-state index in [0.29, 0.717) is 11.5 Å². The fourth-order valence-electron chi connectivity index (χ4n) is 5.05. The Morgan fingerprint density at radius 2 is 1.50 bits per heavy atom. The maximum Gasteiger partial charge on any atom is 0.408 e. The van der Waals surface area contributed by atoms with Crippen LogP contribution in [0.25, 0.3) is 0 Å². The maximum atomic E-state index is 13.9. The van der Waals surface area contributed by atoms with E-state index in [4.69, 9.17) is 14.2 Å². The summed E-state index contributed by atoms with van der Waals surface area (Å²) in [7, 11) is -4.07. The molecule has 4 rings (SSSR count). The summed E-state index contributed by atoms with van der Waals surface area (Å²) in [4.78, 5) is 26.3. The number of carbonyl (C=O) groups excluding carboxylic acids is 2. The topological polar surface area (TPSA) is 143 Å². The molecule has 1 aliphatic heterocycles. The zero-order valence-electron chi connectivity index (χ0n) is 26.6. The second-order valence-corrected chi connectivity index (χ2v) is 14.0. The highest BCUT2D eigenvalue weighted by molar-refractivity contribution is 7.89. The number of alkyl carbamates (subject to hydrolysis) is 1. The van der Waals surface area contributed by atoms with Gasteiger partial charge in [0.2, 0.25) is 22.7 Å². The van der Waals surface area contributed by atoms with E-state index in [1.807, 2.05) is 74.5 Å². The highest BCUT2D eigenvalue weighted by atomic mass is 32.2. The molecular weight excluding hydrogens is 610 g/mol. The molecule has 3 aromatic carbocycles. The second kappa shape index (κ2) is 15.9. The van der Waals surface area contributed by atoms with E-state index in [-0.39, 0.29) is 49.6 Å². The van der Waals surface area contributed by atoms with Gasteiger partial charge in [0.1, 0.15) is 12.6 Å². The number of nitrogens with one attached hydrogen (secondary N) is 2. The molecule has 0 aliphatic carbocycles. The Balaban J connectivity index is 1.52. The van der Waals surface area contributed by atoms with E-state index in [2.05, 4.69) is 10.6 Å². The van der Waals surface area contributed by atoms with Crippen molar-refractivity contribution in [1.82, 2.24) is 14.9 Å². The molecule has 248 valence electrons. The third-order valence-electron chi connectivity index (χ3n) is 7.47. The molecule has 0 bridgehead atoms. The van der Waals surface area contributed by atoms with E-state index in [1.54, 1.807) is 19.9 Å². The van der Waals surface area contributed by atoms with Crippen molar-refractivity contribution in [2.45, 2.75) is 63.8 Å². The van der Waals surface area contributed by atoms with Gasteiger partial charge in [-0.1, -0.05) is 88.4 Å². The van der Waals surface area contributed by atoms with E-state index < -0.39 is 40.2 Å². The lowest BCUT2D eigenvalue weighted by Gasteiger charge is -2.32. The first kappa shape index (κ1) is 34.7. The average molecular weight is 654 g/mol. The molecule has 0 aromatic heterocycles. The van der Waals surface area contributed by atoms with Crippen LogP contribution in [0.15, 0.2) is 83.8 Å². The highest BCUT2D eigenvalue weighted by Crippen LogP contribution is 2.35. The summed E-state index contributed by atoms with van der Waals surface area (Å²) in [5.74, 6) is -0.120. The Morgan fingerprint density at radius 3 is 2.13 bits per heavy atom. The quantitative estimate of drug-likeness (QED) is 0.223. The van der Waals surface area contributed by atoms with Crippen LogP contribution in [0.3, 0.4) is 0 Å². The van der Waals surface area contributed by atoms with Crippen LogP contribution in [0.2, 0.25) is 0 Å². The molecule has 1 aliphatic rings. The van der Waals surface area contributed by atoms with Gasteiger partial charge in [-0.2, -0.15) is 4.31 Å². The average Bonchev–Trinajstić information content (AvgIpc) is 3.51. The third-order valence-corrected chi connectivity index (χ3v) is 9.29. The largest absolute Gasteiger partial charge is 0.454 e. The minimum Gasteiger partial charge on any atom is -0.454 e. The van der Waals surface area contributed by atoms with E-state index in [0.717, 1.165) is 11.1 Å². The fourth-order valence-corrected chi connectivity index (χ4v) is 6.69. The normalized spacial score (nSPS) is 14.6. The van der Waals surface area contributed by atoms with Crippen LogP contribution < -0.4 is 20.1 Å². The minimum atomic E-state index is -4.07. The number of benzene rings is 3. The standard InChI is InChI=1S/C34H43N3O8S/c1-23(2)19-37(46(41,42)27-15-16-30-31(18-27)45-22-44-30)20-29(38)28(17-25-11-7-5-8-12-25)35-33(39)32(24(3)4)36-34(40)43-21-26-13-9-6-10-14-26/h5-16,18,23-24,28-29,32,38H,17,19-22H2,1-4H3,(H,35,39)(H,36,40). The summed E-state index contributed by atoms with van der Waals surface area (Å²) in [5.41, 5.74) is 1.63. The summed E-state index contributed by atoms with van der Waals surface area (Å²) in [6, 6.07) is 21.0. The molecule has 3 unspecified atom stereocenters. The molecule has 46 heavy (non-hydrogen) atoms. The van der Waals surface area contributed by atoms with Gasteiger partial charge in [0.05, 0.1) is 17.0 Å². The Hall–Kier alpha value is -4.13. The molecule has 12 heteroatoms. The van der Waals surface area contributed by atoms with Crippen LogP contribution in [-0.2, 0) is 32.6 Å². The number of carbonyl (C=O) groups is 2. The molecule has 3 aromatic rings. The second-order valence-electron chi connectivity index (χ2n) is 12.0. The Morgan fingerprint density at radius 1 is 0.870 bits per heavy atom. The van der Waals surface area contributed by atoms with Crippen molar-refractivity contribution in [2.24, 2.45) is 11.8 Å². The first-order valence-corrected chi connectivity index (χ1v) is 16.8. The zero-order chi connectivity index (χ0) is 33.3. The van der Waals surface area contributed by atoms with Crippen LogP contribution in [-0.4, -0.2) is 67.9 Å². The summed E-state index contributed by atoms with van der Waals surface area (Å²) in [5, 5.41) is 17.1. The number of hydrogen-bond acceptors (Lipinski definition) is 8. The zero-order valence-corrected chi connectivity index (χ0v) is 27.4. The van der Waals surface area contributed by atoms with Crippen molar-refractivity contribution < 1.29 is 37.3 Å². The number of fused-ring (bicyclic) bond motifs is 1. The van der Waals surface area contributed by atoms with Crippen molar-refractivity contribution >= 4 is 22.0 Å². The molecule has 0 saturated carbocycles. The van der Waals surface area contributed by atoms with Gasteiger partial charge in [-0.3, -0.25) is 4.79 Å². The van der Waals surface area contributed by atoms with Crippen molar-refractivity contribution in [3.63, 3.8) is 0 Å². The van der Waals surface area contributed by atoms with Crippen molar-refractivity contribution in [3.05, 3.63) is 90.0 Å². The van der Waals surface area contributed by atoms with Gasteiger partial charge in [0.25, 0.3) is 0 Å². The maximum absolute atomic E-state index is 13.9. The van der Waals surface area contributed by atoms with Gasteiger partial charge >= 0.3 is 6.09 Å². The number of ether oxygens (including phenoxy) is 3. The van der Waals surface area contributed by atoms with Gasteiger partial charge in [-0.25, -0.2) is 13.2 Å². The van der Waals surface area contributed by atoms with Gasteiger partial charge in [0.15, 0.2) is 11.5 Å².